The maximum absolute atomic E-state index is 13.6. The molecule has 1 aliphatic rings. The van der Waals surface area contributed by atoms with Gasteiger partial charge in [-0.3, -0.25) is 9.69 Å². The minimum Gasteiger partial charge on any atom is -0.352 e. The van der Waals surface area contributed by atoms with Gasteiger partial charge in [0.1, 0.15) is 5.82 Å². The molecule has 6 heteroatoms. The van der Waals surface area contributed by atoms with Gasteiger partial charge in [-0.05, 0) is 44.7 Å². The monoisotopic (exact) mass is 375 g/mol. The van der Waals surface area contributed by atoms with Crippen LogP contribution in [-0.4, -0.2) is 28.9 Å². The van der Waals surface area contributed by atoms with E-state index in [2.05, 4.69) is 22.1 Å². The second-order valence-corrected chi connectivity index (χ2v) is 7.95. The molecule has 1 amide bonds. The molecule has 1 aliphatic heterocycles. The summed E-state index contributed by atoms with van der Waals surface area (Å²) in [4.78, 5) is 20.2. The Morgan fingerprint density at radius 3 is 3.04 bits per heavy atom. The van der Waals surface area contributed by atoms with Gasteiger partial charge in [-0.25, -0.2) is 9.37 Å². The molecule has 1 aromatic carbocycles. The van der Waals surface area contributed by atoms with E-state index in [1.165, 1.54) is 23.8 Å². The van der Waals surface area contributed by atoms with Crippen molar-refractivity contribution in [2.45, 2.75) is 45.7 Å². The Bertz CT molecular complexity index is 733. The largest absolute Gasteiger partial charge is 0.352 e. The Balaban J connectivity index is 1.40. The van der Waals surface area contributed by atoms with Crippen LogP contribution in [0.15, 0.2) is 29.8 Å². The number of rotatable bonds is 7. The van der Waals surface area contributed by atoms with Crippen LogP contribution in [0.3, 0.4) is 0 Å². The van der Waals surface area contributed by atoms with Gasteiger partial charge >= 0.3 is 0 Å². The van der Waals surface area contributed by atoms with Crippen LogP contribution < -0.4 is 5.32 Å². The van der Waals surface area contributed by atoms with E-state index < -0.39 is 0 Å². The summed E-state index contributed by atoms with van der Waals surface area (Å²) in [6.45, 7) is 5.44. The average molecular weight is 376 g/mol. The SMILES string of the molecule is Cc1ncsc1CN1CCCC(CCC(=O)NCc2ccccc2F)C1. The van der Waals surface area contributed by atoms with Crippen molar-refractivity contribution in [3.05, 3.63) is 51.7 Å². The first-order valence-corrected chi connectivity index (χ1v) is 10.1. The summed E-state index contributed by atoms with van der Waals surface area (Å²) in [5.74, 6) is 0.286. The summed E-state index contributed by atoms with van der Waals surface area (Å²) in [7, 11) is 0. The quantitative estimate of drug-likeness (QED) is 0.798. The zero-order valence-corrected chi connectivity index (χ0v) is 16.0. The number of amides is 1. The van der Waals surface area contributed by atoms with Crippen molar-refractivity contribution in [2.75, 3.05) is 13.1 Å². The van der Waals surface area contributed by atoms with Gasteiger partial charge < -0.3 is 5.32 Å². The lowest BCUT2D eigenvalue weighted by atomic mass is 9.93. The third-order valence-corrected chi connectivity index (χ3v) is 5.95. The van der Waals surface area contributed by atoms with Crippen molar-refractivity contribution in [3.8, 4) is 0 Å². The van der Waals surface area contributed by atoms with Gasteiger partial charge in [-0.1, -0.05) is 18.2 Å². The predicted molar refractivity (Wildman–Crippen MR) is 102 cm³/mol. The van der Waals surface area contributed by atoms with Crippen molar-refractivity contribution in [1.82, 2.24) is 15.2 Å². The van der Waals surface area contributed by atoms with E-state index in [0.29, 0.717) is 17.9 Å². The average Bonchev–Trinajstić information content (AvgIpc) is 3.04. The second-order valence-electron chi connectivity index (χ2n) is 7.01. The third-order valence-electron chi connectivity index (χ3n) is 5.03. The number of aryl methyl sites for hydroxylation is 1. The minimum absolute atomic E-state index is 0.00341. The molecule has 2 heterocycles. The highest BCUT2D eigenvalue weighted by atomic mass is 32.1. The van der Waals surface area contributed by atoms with E-state index in [1.807, 2.05) is 5.51 Å². The number of nitrogens with one attached hydrogen (secondary N) is 1. The van der Waals surface area contributed by atoms with Gasteiger partial charge in [-0.2, -0.15) is 0 Å². The van der Waals surface area contributed by atoms with Crippen LogP contribution in [0.2, 0.25) is 0 Å². The number of carbonyl (C=O) groups is 1. The molecule has 0 radical (unpaired) electrons. The molecular weight excluding hydrogens is 349 g/mol. The second kappa shape index (κ2) is 9.24. The Labute approximate surface area is 158 Å². The Hall–Kier alpha value is -1.79. The first-order chi connectivity index (χ1) is 12.6. The van der Waals surface area contributed by atoms with Gasteiger partial charge in [0.25, 0.3) is 0 Å². The van der Waals surface area contributed by atoms with E-state index in [9.17, 15) is 9.18 Å². The number of nitrogens with zero attached hydrogens (tertiary/aromatic N) is 2. The molecule has 140 valence electrons. The van der Waals surface area contributed by atoms with E-state index >= 15 is 0 Å². The lowest BCUT2D eigenvalue weighted by molar-refractivity contribution is -0.121. The summed E-state index contributed by atoms with van der Waals surface area (Å²) in [6, 6.07) is 6.56. The molecule has 1 fully saturated rings. The third kappa shape index (κ3) is 5.35. The Kier molecular flexibility index (Phi) is 6.74. The van der Waals surface area contributed by atoms with Crippen molar-refractivity contribution in [2.24, 2.45) is 5.92 Å². The summed E-state index contributed by atoms with van der Waals surface area (Å²) < 4.78 is 13.6. The highest BCUT2D eigenvalue weighted by Crippen LogP contribution is 2.24. The van der Waals surface area contributed by atoms with Crippen molar-refractivity contribution in [1.29, 1.82) is 0 Å². The van der Waals surface area contributed by atoms with E-state index in [-0.39, 0.29) is 18.3 Å². The van der Waals surface area contributed by atoms with Gasteiger partial charge in [0.05, 0.1) is 11.2 Å². The van der Waals surface area contributed by atoms with Crippen molar-refractivity contribution >= 4 is 17.2 Å². The van der Waals surface area contributed by atoms with Gasteiger partial charge in [0.2, 0.25) is 5.91 Å². The lowest BCUT2D eigenvalue weighted by Gasteiger charge is -2.32. The highest BCUT2D eigenvalue weighted by Gasteiger charge is 2.21. The molecular formula is C20H26FN3OS. The van der Waals surface area contributed by atoms with Gasteiger partial charge in [-0.15, -0.1) is 11.3 Å². The molecule has 1 N–H and O–H groups in total. The normalized spacial score (nSPS) is 18.0. The molecule has 4 nitrogen and oxygen atoms in total. The molecule has 26 heavy (non-hydrogen) atoms. The number of thiazole rings is 1. The highest BCUT2D eigenvalue weighted by molar-refractivity contribution is 7.09. The lowest BCUT2D eigenvalue weighted by Crippen LogP contribution is -2.35. The molecule has 1 atom stereocenters. The van der Waals surface area contributed by atoms with E-state index in [4.69, 9.17) is 0 Å². The van der Waals surface area contributed by atoms with E-state index in [1.54, 1.807) is 29.5 Å². The van der Waals surface area contributed by atoms with Crippen molar-refractivity contribution < 1.29 is 9.18 Å². The smallest absolute Gasteiger partial charge is 0.220 e. The Morgan fingerprint density at radius 2 is 2.27 bits per heavy atom. The fourth-order valence-electron chi connectivity index (χ4n) is 3.47. The van der Waals surface area contributed by atoms with Crippen LogP contribution in [0.5, 0.6) is 0 Å². The standard InChI is InChI=1S/C20H26FN3OS/c1-15-19(26-14-23-15)13-24-10-4-5-16(12-24)8-9-20(25)22-11-17-6-2-3-7-18(17)21/h2-3,6-7,14,16H,4-5,8-13H2,1H3,(H,22,25). The fraction of sp³-hybridized carbons (Fsp3) is 0.500. The molecule has 1 aromatic heterocycles. The van der Waals surface area contributed by atoms with Crippen molar-refractivity contribution in [3.63, 3.8) is 0 Å². The molecule has 0 bridgehead atoms. The summed E-state index contributed by atoms with van der Waals surface area (Å²) in [5.41, 5.74) is 3.57. The zero-order valence-electron chi connectivity index (χ0n) is 15.2. The number of halogens is 1. The van der Waals surface area contributed by atoms with Gasteiger partial charge in [0, 0.05) is 36.5 Å². The molecule has 1 saturated heterocycles. The van der Waals surface area contributed by atoms with Crippen LogP contribution in [-0.2, 0) is 17.9 Å². The molecule has 0 aliphatic carbocycles. The Morgan fingerprint density at radius 1 is 1.42 bits per heavy atom. The number of aromatic nitrogens is 1. The first-order valence-electron chi connectivity index (χ1n) is 9.23. The van der Waals surface area contributed by atoms with Crippen LogP contribution >= 0.6 is 11.3 Å². The molecule has 2 aromatic rings. The molecule has 1 unspecified atom stereocenters. The van der Waals surface area contributed by atoms with Gasteiger partial charge in [0.15, 0.2) is 0 Å². The van der Waals surface area contributed by atoms with E-state index in [0.717, 1.165) is 31.7 Å². The summed E-state index contributed by atoms with van der Waals surface area (Å²) in [6.07, 6.45) is 3.76. The number of likely N-dealkylation sites (tertiary alicyclic amines) is 1. The maximum atomic E-state index is 13.6. The van der Waals surface area contributed by atoms with Crippen LogP contribution in [0, 0.1) is 18.7 Å². The van der Waals surface area contributed by atoms with Crippen LogP contribution in [0.1, 0.15) is 41.8 Å². The molecule has 0 saturated carbocycles. The fourth-order valence-corrected chi connectivity index (χ4v) is 4.29. The number of hydrogen-bond acceptors (Lipinski definition) is 4. The zero-order chi connectivity index (χ0) is 18.4. The van der Waals surface area contributed by atoms with Crippen LogP contribution in [0.4, 0.5) is 4.39 Å². The number of piperidine rings is 1. The molecule has 0 spiro atoms. The number of benzene rings is 1. The summed E-state index contributed by atoms with van der Waals surface area (Å²) >= 11 is 1.72. The maximum Gasteiger partial charge on any atom is 0.220 e. The first kappa shape index (κ1) is 19.0. The summed E-state index contributed by atoms with van der Waals surface area (Å²) in [5, 5.41) is 2.84. The van der Waals surface area contributed by atoms with Crippen LogP contribution in [0.25, 0.3) is 0 Å². The minimum atomic E-state index is -0.269. The number of hydrogen-bond donors (Lipinski definition) is 1. The molecule has 3 rings (SSSR count). The topological polar surface area (TPSA) is 45.2 Å². The predicted octanol–water partition coefficient (Wildman–Crippen LogP) is 3.90. The number of carbonyl (C=O) groups excluding carboxylic acids is 1.